The van der Waals surface area contributed by atoms with Crippen molar-refractivity contribution in [3.05, 3.63) is 0 Å². The van der Waals surface area contributed by atoms with Gasteiger partial charge in [-0.15, -0.1) is 0 Å². The first-order chi connectivity index (χ1) is 43.9. The molecule has 0 amide bonds. The van der Waals surface area contributed by atoms with Gasteiger partial charge in [0, 0.05) is 25.7 Å². The van der Waals surface area contributed by atoms with Gasteiger partial charge in [-0.05, 0) is 37.5 Å². The summed E-state index contributed by atoms with van der Waals surface area (Å²) in [6.07, 6.45) is 50.0. The lowest BCUT2D eigenvalue weighted by molar-refractivity contribution is -0.161. The number of ether oxygens (including phenoxy) is 4. The summed E-state index contributed by atoms with van der Waals surface area (Å²) < 4.78 is 68.2. The van der Waals surface area contributed by atoms with Gasteiger partial charge in [0.25, 0.3) is 0 Å². The monoisotopic (exact) mass is 1340 g/mol. The average Bonchev–Trinajstić information content (AvgIpc) is 3.71. The standard InChI is InChI=1S/C72H140O17P2/c1-7-9-11-13-15-16-24-32-38-44-50-56-71(76)88-67(60-82-69(74)54-48-42-34-14-12-10-8-2)62-86-90(78,79)84-58-66(73)59-85-91(80,81)87-63-68(61-83-70(75)55-49-43-37-31-27-23-22-26-30-36-41-47-53-65(5)6)89-72(77)57-51-45-39-33-28-21-19-17-18-20-25-29-35-40-46-52-64(3)4/h64-68,73H,7-63H2,1-6H3,(H,78,79)(H,80,81)/t66-,67+,68+/m0/s1. The minimum absolute atomic E-state index is 0.107. The third kappa shape index (κ3) is 66.5. The maximum atomic E-state index is 13.0. The lowest BCUT2D eigenvalue weighted by atomic mass is 10.0. The first-order valence-corrected chi connectivity index (χ1v) is 40.5. The molecular weight excluding hydrogens is 1200 g/mol. The Bertz CT molecular complexity index is 1770. The van der Waals surface area contributed by atoms with Gasteiger partial charge in [0.1, 0.15) is 19.3 Å². The lowest BCUT2D eigenvalue weighted by Crippen LogP contribution is -2.30. The normalized spacial score (nSPS) is 14.1. The second kappa shape index (κ2) is 64.1. The molecule has 0 saturated heterocycles. The Morgan fingerprint density at radius 2 is 0.505 bits per heavy atom. The number of rotatable bonds is 71. The highest BCUT2D eigenvalue weighted by atomic mass is 31.2. The summed E-state index contributed by atoms with van der Waals surface area (Å²) >= 11 is 0. The van der Waals surface area contributed by atoms with Gasteiger partial charge in [0.2, 0.25) is 0 Å². The molecule has 0 aromatic rings. The Morgan fingerprint density at radius 1 is 0.297 bits per heavy atom. The molecule has 19 heteroatoms. The highest BCUT2D eigenvalue weighted by Gasteiger charge is 2.30. The van der Waals surface area contributed by atoms with E-state index in [2.05, 4.69) is 41.5 Å². The summed E-state index contributed by atoms with van der Waals surface area (Å²) in [5.41, 5.74) is 0. The van der Waals surface area contributed by atoms with Gasteiger partial charge >= 0.3 is 39.5 Å². The summed E-state index contributed by atoms with van der Waals surface area (Å²) in [5, 5.41) is 10.6. The van der Waals surface area contributed by atoms with Crippen LogP contribution >= 0.6 is 15.6 Å². The number of aliphatic hydroxyl groups excluding tert-OH is 1. The predicted octanol–water partition coefficient (Wildman–Crippen LogP) is 20.8. The van der Waals surface area contributed by atoms with Crippen LogP contribution in [-0.4, -0.2) is 96.7 Å². The van der Waals surface area contributed by atoms with Crippen LogP contribution in [0.1, 0.15) is 369 Å². The lowest BCUT2D eigenvalue weighted by Gasteiger charge is -2.21. The molecule has 5 atom stereocenters. The van der Waals surface area contributed by atoms with Gasteiger partial charge in [-0.25, -0.2) is 9.13 Å². The number of aliphatic hydroxyl groups is 1. The number of esters is 4. The number of phosphoric acid groups is 2. The Kier molecular flexibility index (Phi) is 62.7. The third-order valence-corrected chi connectivity index (χ3v) is 18.6. The van der Waals surface area contributed by atoms with Crippen molar-refractivity contribution in [2.75, 3.05) is 39.6 Å². The summed E-state index contributed by atoms with van der Waals surface area (Å²) in [6.45, 7) is 9.56. The van der Waals surface area contributed by atoms with Crippen LogP contribution < -0.4 is 0 Å². The number of unbranched alkanes of at least 4 members (excludes halogenated alkanes) is 41. The van der Waals surface area contributed by atoms with E-state index in [1.807, 2.05) is 0 Å². The molecule has 0 aromatic heterocycles. The predicted molar refractivity (Wildman–Crippen MR) is 368 cm³/mol. The fraction of sp³-hybridized carbons (Fsp3) is 0.944. The van der Waals surface area contributed by atoms with Crippen molar-refractivity contribution in [1.29, 1.82) is 0 Å². The number of hydrogen-bond donors (Lipinski definition) is 3. The largest absolute Gasteiger partial charge is 0.472 e. The molecule has 0 fully saturated rings. The molecule has 17 nitrogen and oxygen atoms in total. The Morgan fingerprint density at radius 3 is 0.747 bits per heavy atom. The van der Waals surface area contributed by atoms with Crippen LogP contribution in [0, 0.1) is 11.8 Å². The van der Waals surface area contributed by atoms with E-state index in [4.69, 9.17) is 37.0 Å². The highest BCUT2D eigenvalue weighted by molar-refractivity contribution is 7.47. The minimum Gasteiger partial charge on any atom is -0.462 e. The molecule has 0 aliphatic heterocycles. The molecule has 0 aromatic carbocycles. The first kappa shape index (κ1) is 89.1. The fourth-order valence-electron chi connectivity index (χ4n) is 10.9. The molecule has 0 aliphatic rings. The van der Waals surface area contributed by atoms with Gasteiger partial charge in [0.05, 0.1) is 26.4 Å². The SMILES string of the molecule is CCCCCCCCCCCCCC(=O)O[C@H](COC(=O)CCCCCCCCC)COP(=O)(O)OC[C@H](O)COP(=O)(O)OC[C@@H](COC(=O)CCCCCCCCCCCCCCC(C)C)OC(=O)CCCCCCCCCCCCCCCCCC(C)C. The zero-order chi connectivity index (χ0) is 67.2. The van der Waals surface area contributed by atoms with Crippen molar-refractivity contribution in [2.45, 2.75) is 387 Å². The van der Waals surface area contributed by atoms with Crippen LogP contribution in [0.2, 0.25) is 0 Å². The van der Waals surface area contributed by atoms with E-state index in [0.29, 0.717) is 25.7 Å². The fourth-order valence-corrected chi connectivity index (χ4v) is 12.5. The van der Waals surface area contributed by atoms with E-state index in [1.54, 1.807) is 0 Å². The topological polar surface area (TPSA) is 237 Å². The number of hydrogen-bond acceptors (Lipinski definition) is 15. The van der Waals surface area contributed by atoms with Crippen LogP contribution in [0.4, 0.5) is 0 Å². The third-order valence-electron chi connectivity index (χ3n) is 16.7. The second-order valence-corrected chi connectivity index (χ2v) is 29.8. The van der Waals surface area contributed by atoms with Gasteiger partial charge < -0.3 is 33.8 Å². The summed E-state index contributed by atoms with van der Waals surface area (Å²) in [5.74, 6) is -0.540. The van der Waals surface area contributed by atoms with E-state index in [9.17, 15) is 43.2 Å². The van der Waals surface area contributed by atoms with Gasteiger partial charge in [-0.2, -0.15) is 0 Å². The van der Waals surface area contributed by atoms with Crippen LogP contribution in [0.3, 0.4) is 0 Å². The van der Waals surface area contributed by atoms with E-state index in [0.717, 1.165) is 115 Å². The number of phosphoric ester groups is 2. The van der Waals surface area contributed by atoms with Crippen LogP contribution in [0.25, 0.3) is 0 Å². The molecule has 0 saturated carbocycles. The maximum Gasteiger partial charge on any atom is 0.472 e. The van der Waals surface area contributed by atoms with E-state index < -0.39 is 97.5 Å². The Balaban J connectivity index is 5.19. The second-order valence-electron chi connectivity index (χ2n) is 26.9. The number of carbonyl (C=O) groups is 4. The number of carbonyl (C=O) groups excluding carboxylic acids is 4. The molecule has 91 heavy (non-hydrogen) atoms. The molecule has 540 valence electrons. The van der Waals surface area contributed by atoms with Crippen molar-refractivity contribution in [3.8, 4) is 0 Å². The van der Waals surface area contributed by atoms with Crippen molar-refractivity contribution < 1.29 is 80.2 Å². The van der Waals surface area contributed by atoms with E-state index >= 15 is 0 Å². The quantitative estimate of drug-likeness (QED) is 0.0222. The molecule has 0 radical (unpaired) electrons. The maximum absolute atomic E-state index is 13.0. The zero-order valence-electron chi connectivity index (χ0n) is 59.1. The molecule has 0 rings (SSSR count). The summed E-state index contributed by atoms with van der Waals surface area (Å²) in [6, 6.07) is 0. The molecule has 0 spiro atoms. The van der Waals surface area contributed by atoms with Crippen LogP contribution in [0.5, 0.6) is 0 Å². The zero-order valence-corrected chi connectivity index (χ0v) is 60.9. The Hall–Kier alpha value is -1.94. The Labute approximate surface area is 556 Å². The van der Waals surface area contributed by atoms with Crippen LogP contribution in [0.15, 0.2) is 0 Å². The molecule has 0 aliphatic carbocycles. The average molecular weight is 1340 g/mol. The van der Waals surface area contributed by atoms with Crippen molar-refractivity contribution >= 4 is 39.5 Å². The smallest absolute Gasteiger partial charge is 0.462 e. The first-order valence-electron chi connectivity index (χ1n) is 37.5. The van der Waals surface area contributed by atoms with E-state index in [1.165, 1.54) is 173 Å². The minimum atomic E-state index is -4.95. The molecule has 0 bridgehead atoms. The summed E-state index contributed by atoms with van der Waals surface area (Å²) in [7, 11) is -9.90. The summed E-state index contributed by atoms with van der Waals surface area (Å²) in [4.78, 5) is 72.5. The van der Waals surface area contributed by atoms with Crippen molar-refractivity contribution in [2.24, 2.45) is 11.8 Å². The van der Waals surface area contributed by atoms with Crippen LogP contribution in [-0.2, 0) is 65.4 Å². The van der Waals surface area contributed by atoms with Gasteiger partial charge in [-0.1, -0.05) is 318 Å². The van der Waals surface area contributed by atoms with E-state index in [-0.39, 0.29) is 25.7 Å². The molecule has 0 heterocycles. The molecule has 3 N–H and O–H groups in total. The molecular formula is C72H140O17P2. The van der Waals surface area contributed by atoms with Crippen molar-refractivity contribution in [3.63, 3.8) is 0 Å². The highest BCUT2D eigenvalue weighted by Crippen LogP contribution is 2.45. The molecule has 2 unspecified atom stereocenters. The van der Waals surface area contributed by atoms with Gasteiger partial charge in [-0.3, -0.25) is 37.3 Å². The van der Waals surface area contributed by atoms with Gasteiger partial charge in [0.15, 0.2) is 12.2 Å². The van der Waals surface area contributed by atoms with Crippen molar-refractivity contribution in [1.82, 2.24) is 0 Å².